The molecule has 0 unspecified atom stereocenters. The van der Waals surface area contributed by atoms with Crippen LogP contribution in [0.15, 0.2) is 23.1 Å². The van der Waals surface area contributed by atoms with Crippen molar-refractivity contribution in [1.82, 2.24) is 19.7 Å². The van der Waals surface area contributed by atoms with Crippen LogP contribution in [0, 0.1) is 0 Å². The lowest BCUT2D eigenvalue weighted by molar-refractivity contribution is 0.396. The summed E-state index contributed by atoms with van der Waals surface area (Å²) in [6, 6.07) is 4.27. The molecule has 12 heteroatoms. The molecule has 0 bridgehead atoms. The van der Waals surface area contributed by atoms with Crippen LogP contribution in [-0.4, -0.2) is 35.3 Å². The van der Waals surface area contributed by atoms with Crippen LogP contribution in [0.5, 0.6) is 5.88 Å². The minimum absolute atomic E-state index is 0.0801. The lowest BCUT2D eigenvalue weighted by Crippen LogP contribution is -2.16. The molecule has 0 fully saturated rings. The van der Waals surface area contributed by atoms with E-state index in [-0.39, 0.29) is 38.0 Å². The molecule has 3 rings (SSSR count). The Hall–Kier alpha value is -2.30. The van der Waals surface area contributed by atoms with E-state index in [0.717, 1.165) is 0 Å². The first-order chi connectivity index (χ1) is 11.7. The molecule has 0 atom stereocenters. The number of benzene rings is 1. The van der Waals surface area contributed by atoms with Crippen LogP contribution in [0.2, 0.25) is 10.0 Å². The van der Waals surface area contributed by atoms with Gasteiger partial charge in [-0.1, -0.05) is 29.3 Å². The molecule has 0 amide bonds. The lowest BCUT2D eigenvalue weighted by Gasteiger charge is -2.11. The summed E-state index contributed by atoms with van der Waals surface area (Å²) >= 11 is 11.9. The van der Waals surface area contributed by atoms with Crippen molar-refractivity contribution in [3.63, 3.8) is 0 Å². The van der Waals surface area contributed by atoms with Crippen molar-refractivity contribution in [3.05, 3.63) is 28.2 Å². The Morgan fingerprint density at radius 1 is 1.28 bits per heavy atom. The largest absolute Gasteiger partial charge is 0.479 e. The van der Waals surface area contributed by atoms with E-state index in [0.29, 0.717) is 5.65 Å². The number of halogens is 2. The number of hydrogen-bond acceptors (Lipinski definition) is 7. The van der Waals surface area contributed by atoms with Crippen molar-refractivity contribution in [3.8, 4) is 5.88 Å². The maximum atomic E-state index is 12.7. The second-order valence-corrected chi connectivity index (χ2v) is 7.36. The molecule has 132 valence electrons. The van der Waals surface area contributed by atoms with Crippen molar-refractivity contribution < 1.29 is 13.2 Å². The van der Waals surface area contributed by atoms with Crippen LogP contribution in [-0.2, 0) is 17.1 Å². The smallest absolute Gasteiger partial charge is 0.264 e. The van der Waals surface area contributed by atoms with Gasteiger partial charge in [0.15, 0.2) is 11.5 Å². The zero-order valence-electron chi connectivity index (χ0n) is 13.0. The fourth-order valence-electron chi connectivity index (χ4n) is 2.22. The molecule has 0 aliphatic carbocycles. The standard InChI is InChI=1S/C13H12Cl2N6O3S/c1-21-11-8(12(19-21)24-2)10(17-13(16)18-11)20-25(22,23)7-5-3-4-6(14)9(7)15/h3-5H,1-2H3,(H3,16,17,18,20). The fraction of sp³-hybridized carbons (Fsp3) is 0.154. The average molecular weight is 403 g/mol. The Balaban J connectivity index is 2.19. The Kier molecular flexibility index (Phi) is 4.35. The number of aryl methyl sites for hydroxylation is 1. The summed E-state index contributed by atoms with van der Waals surface area (Å²) in [5.41, 5.74) is 5.97. The number of aromatic nitrogens is 4. The van der Waals surface area contributed by atoms with Gasteiger partial charge in [-0.2, -0.15) is 9.97 Å². The van der Waals surface area contributed by atoms with E-state index in [9.17, 15) is 8.42 Å². The number of nitrogens with two attached hydrogens (primary N) is 1. The second-order valence-electron chi connectivity index (χ2n) is 4.92. The molecule has 2 heterocycles. The molecule has 9 nitrogen and oxygen atoms in total. The summed E-state index contributed by atoms with van der Waals surface area (Å²) in [5.74, 6) is -0.0658. The van der Waals surface area contributed by atoms with Crippen LogP contribution >= 0.6 is 23.2 Å². The number of methoxy groups -OCH3 is 1. The molecule has 3 aromatic rings. The highest BCUT2D eigenvalue weighted by Crippen LogP contribution is 2.33. The van der Waals surface area contributed by atoms with Crippen molar-refractivity contribution >= 4 is 56.0 Å². The minimum atomic E-state index is -4.10. The fourth-order valence-corrected chi connectivity index (χ4v) is 4.00. The van der Waals surface area contributed by atoms with Gasteiger partial charge in [-0.25, -0.2) is 13.1 Å². The first-order valence-corrected chi connectivity index (χ1v) is 8.99. The van der Waals surface area contributed by atoms with Gasteiger partial charge in [0.05, 0.1) is 17.2 Å². The molecular weight excluding hydrogens is 391 g/mol. The third kappa shape index (κ3) is 3.03. The van der Waals surface area contributed by atoms with Crippen LogP contribution in [0.25, 0.3) is 11.0 Å². The van der Waals surface area contributed by atoms with E-state index in [2.05, 4.69) is 19.8 Å². The number of nitrogen functional groups attached to an aromatic ring is 1. The number of sulfonamides is 1. The molecular formula is C13H12Cl2N6O3S. The summed E-state index contributed by atoms with van der Waals surface area (Å²) < 4.78 is 34.3. The first-order valence-electron chi connectivity index (χ1n) is 6.75. The van der Waals surface area contributed by atoms with Crippen LogP contribution in [0.4, 0.5) is 11.8 Å². The van der Waals surface area contributed by atoms with Crippen molar-refractivity contribution in [2.24, 2.45) is 7.05 Å². The molecule has 0 radical (unpaired) electrons. The first kappa shape index (κ1) is 17.5. The highest BCUT2D eigenvalue weighted by molar-refractivity contribution is 7.92. The van der Waals surface area contributed by atoms with Gasteiger partial charge in [0, 0.05) is 7.05 Å². The summed E-state index contributed by atoms with van der Waals surface area (Å²) in [7, 11) is -1.09. The van der Waals surface area contributed by atoms with Crippen molar-refractivity contribution in [2.75, 3.05) is 17.6 Å². The number of hydrogen-bond donors (Lipinski definition) is 2. The maximum absolute atomic E-state index is 12.7. The Morgan fingerprint density at radius 3 is 2.68 bits per heavy atom. The molecule has 1 aromatic carbocycles. The van der Waals surface area contributed by atoms with Gasteiger partial charge in [-0.15, -0.1) is 5.10 Å². The highest BCUT2D eigenvalue weighted by atomic mass is 35.5. The summed E-state index contributed by atoms with van der Waals surface area (Å²) in [5, 5.41) is 4.37. The number of nitrogens with one attached hydrogen (secondary N) is 1. The molecule has 25 heavy (non-hydrogen) atoms. The third-order valence-electron chi connectivity index (χ3n) is 3.30. The van der Waals surface area contributed by atoms with Crippen molar-refractivity contribution in [2.45, 2.75) is 4.90 Å². The van der Waals surface area contributed by atoms with E-state index in [1.807, 2.05) is 0 Å². The summed E-state index contributed by atoms with van der Waals surface area (Å²) in [6.45, 7) is 0. The van der Waals surface area contributed by atoms with Gasteiger partial charge in [-0.05, 0) is 12.1 Å². The zero-order chi connectivity index (χ0) is 18.4. The van der Waals surface area contributed by atoms with Gasteiger partial charge in [-0.3, -0.25) is 4.72 Å². The molecule has 0 aliphatic heterocycles. The molecule has 0 aliphatic rings. The van der Waals surface area contributed by atoms with E-state index in [1.54, 1.807) is 7.05 Å². The normalized spacial score (nSPS) is 11.7. The second kappa shape index (κ2) is 6.21. The predicted octanol–water partition coefficient (Wildman–Crippen LogP) is 2.06. The van der Waals surface area contributed by atoms with Gasteiger partial charge in [0.25, 0.3) is 10.0 Å². The number of ether oxygens (including phenoxy) is 1. The summed E-state index contributed by atoms with van der Waals surface area (Å²) in [4.78, 5) is 7.80. The monoisotopic (exact) mass is 402 g/mol. The Morgan fingerprint density at radius 2 is 2.00 bits per heavy atom. The Bertz CT molecular complexity index is 1080. The summed E-state index contributed by atoms with van der Waals surface area (Å²) in [6.07, 6.45) is 0. The van der Waals surface area contributed by atoms with Gasteiger partial charge in [0.1, 0.15) is 10.3 Å². The van der Waals surface area contributed by atoms with Crippen molar-refractivity contribution in [1.29, 1.82) is 0 Å². The third-order valence-corrected chi connectivity index (χ3v) is 5.61. The number of anilines is 2. The van der Waals surface area contributed by atoms with Gasteiger partial charge in [0.2, 0.25) is 11.8 Å². The van der Waals surface area contributed by atoms with E-state index < -0.39 is 10.0 Å². The van der Waals surface area contributed by atoms with Crippen LogP contribution in [0.3, 0.4) is 0 Å². The van der Waals surface area contributed by atoms with Crippen LogP contribution < -0.4 is 15.2 Å². The lowest BCUT2D eigenvalue weighted by atomic mass is 10.4. The van der Waals surface area contributed by atoms with E-state index >= 15 is 0 Å². The molecule has 0 saturated heterocycles. The van der Waals surface area contributed by atoms with Gasteiger partial charge >= 0.3 is 0 Å². The topological polar surface area (TPSA) is 125 Å². The average Bonchev–Trinajstić information content (AvgIpc) is 2.86. The molecule has 3 N–H and O–H groups in total. The predicted molar refractivity (Wildman–Crippen MR) is 94.5 cm³/mol. The minimum Gasteiger partial charge on any atom is -0.479 e. The molecule has 0 spiro atoms. The van der Waals surface area contributed by atoms with E-state index in [4.69, 9.17) is 33.7 Å². The molecule has 0 saturated carbocycles. The van der Waals surface area contributed by atoms with Gasteiger partial charge < -0.3 is 10.5 Å². The number of fused-ring (bicyclic) bond motifs is 1. The molecule has 2 aromatic heterocycles. The van der Waals surface area contributed by atoms with Crippen LogP contribution in [0.1, 0.15) is 0 Å². The number of nitrogens with zero attached hydrogens (tertiary/aromatic N) is 4. The highest BCUT2D eigenvalue weighted by Gasteiger charge is 2.24. The number of rotatable bonds is 4. The Labute approximate surface area is 152 Å². The zero-order valence-corrected chi connectivity index (χ0v) is 15.3. The SMILES string of the molecule is COc1nn(C)c2nc(N)nc(NS(=O)(=O)c3cccc(Cl)c3Cl)c12. The quantitative estimate of drug-likeness (QED) is 0.683. The van der Waals surface area contributed by atoms with E-state index in [1.165, 1.54) is 30.0 Å². The maximum Gasteiger partial charge on any atom is 0.264 e.